The van der Waals surface area contributed by atoms with E-state index >= 15 is 0 Å². The van der Waals surface area contributed by atoms with Crippen molar-refractivity contribution >= 4 is 5.91 Å². The molecule has 6 N–H and O–H groups in total. The molecule has 2 unspecified atom stereocenters. The molecule has 0 spiro atoms. The molecule has 1 saturated heterocycles. The van der Waals surface area contributed by atoms with Crippen molar-refractivity contribution < 1.29 is 39.8 Å². The second-order valence-corrected chi connectivity index (χ2v) is 13.4. The molecule has 46 heavy (non-hydrogen) atoms. The van der Waals surface area contributed by atoms with E-state index in [0.29, 0.717) is 6.42 Å². The minimum atomic E-state index is -1.56. The summed E-state index contributed by atoms with van der Waals surface area (Å²) in [4.78, 5) is 12.8. The number of nitrogens with one attached hydrogen (secondary N) is 1. The number of hydrogen-bond acceptors (Lipinski definition) is 8. The van der Waals surface area contributed by atoms with Gasteiger partial charge >= 0.3 is 0 Å². The first-order valence-electron chi connectivity index (χ1n) is 18.9. The summed E-state index contributed by atoms with van der Waals surface area (Å²) in [6.45, 7) is 3.72. The Morgan fingerprint density at radius 1 is 0.717 bits per heavy atom. The molecule has 0 aromatic heterocycles. The van der Waals surface area contributed by atoms with Crippen LogP contribution < -0.4 is 5.32 Å². The van der Waals surface area contributed by atoms with Crippen molar-refractivity contribution in [1.29, 1.82) is 0 Å². The summed E-state index contributed by atoms with van der Waals surface area (Å²) in [5.41, 5.74) is 0. The van der Waals surface area contributed by atoms with Gasteiger partial charge in [0.1, 0.15) is 24.4 Å². The molecule has 1 aliphatic rings. The van der Waals surface area contributed by atoms with Crippen LogP contribution in [0, 0.1) is 0 Å². The van der Waals surface area contributed by atoms with Crippen molar-refractivity contribution in [3.8, 4) is 0 Å². The van der Waals surface area contributed by atoms with Crippen LogP contribution in [0.1, 0.15) is 162 Å². The third kappa shape index (κ3) is 20.3. The second kappa shape index (κ2) is 28.9. The third-order valence-electron chi connectivity index (χ3n) is 9.11. The number of allylic oxidation sites excluding steroid dienone is 1. The van der Waals surface area contributed by atoms with Crippen molar-refractivity contribution in [2.45, 2.75) is 204 Å². The fraction of sp³-hybridized carbons (Fsp3) is 0.919. The summed E-state index contributed by atoms with van der Waals surface area (Å²) in [6, 6.07) is -0.795. The zero-order valence-corrected chi connectivity index (χ0v) is 29.3. The van der Waals surface area contributed by atoms with Crippen LogP contribution in [-0.2, 0) is 14.3 Å². The topological polar surface area (TPSA) is 149 Å². The summed E-state index contributed by atoms with van der Waals surface area (Å²) < 4.78 is 11.1. The number of aliphatic hydroxyl groups is 5. The summed E-state index contributed by atoms with van der Waals surface area (Å²) >= 11 is 0. The van der Waals surface area contributed by atoms with Crippen molar-refractivity contribution in [2.24, 2.45) is 0 Å². The molecule has 0 radical (unpaired) electrons. The predicted octanol–water partition coefficient (Wildman–Crippen LogP) is 6.22. The van der Waals surface area contributed by atoms with Gasteiger partial charge in [-0.05, 0) is 19.3 Å². The number of ether oxygens (including phenoxy) is 2. The van der Waals surface area contributed by atoms with Gasteiger partial charge in [-0.3, -0.25) is 4.79 Å². The molecule has 1 rings (SSSR count). The standard InChI is InChI=1S/C37H71NO8/c1-3-5-7-9-11-13-15-16-17-19-21-23-25-27-33(41)38-30(29-45-37-36(44)35(43)34(42)32(28-39)46-37)31(40)26-24-22-20-18-14-12-10-8-6-4-2/h24,26,30-32,34-37,39-40,42-44H,3-23,25,27-29H2,1-2H3,(H,38,41)/b26-24+/t30-,31+,32+,34-,35?,36?,37+/m0/s1. The largest absolute Gasteiger partial charge is 0.394 e. The van der Waals surface area contributed by atoms with E-state index in [-0.39, 0.29) is 12.5 Å². The van der Waals surface area contributed by atoms with Crippen LogP contribution in [0.15, 0.2) is 12.2 Å². The zero-order chi connectivity index (χ0) is 33.8. The second-order valence-electron chi connectivity index (χ2n) is 13.4. The lowest BCUT2D eigenvalue weighted by Crippen LogP contribution is -2.60. The van der Waals surface area contributed by atoms with Gasteiger partial charge in [0.15, 0.2) is 6.29 Å². The lowest BCUT2D eigenvalue weighted by atomic mass is 9.99. The number of carbonyl (C=O) groups is 1. The van der Waals surface area contributed by atoms with Gasteiger partial charge in [0.25, 0.3) is 0 Å². The number of aliphatic hydroxyl groups excluding tert-OH is 5. The fourth-order valence-corrected chi connectivity index (χ4v) is 5.98. The Morgan fingerprint density at radius 2 is 1.20 bits per heavy atom. The molecule has 7 atom stereocenters. The first-order valence-corrected chi connectivity index (χ1v) is 18.9. The molecule has 0 bridgehead atoms. The Balaban J connectivity index is 2.46. The van der Waals surface area contributed by atoms with Crippen molar-refractivity contribution in [3.05, 3.63) is 12.2 Å². The minimum absolute atomic E-state index is 0.180. The van der Waals surface area contributed by atoms with Crippen LogP contribution in [0.25, 0.3) is 0 Å². The molecule has 1 aliphatic heterocycles. The van der Waals surface area contributed by atoms with Crippen LogP contribution in [0.2, 0.25) is 0 Å². The first kappa shape index (κ1) is 43.0. The number of rotatable bonds is 30. The summed E-state index contributed by atoms with van der Waals surface area (Å²) in [5.74, 6) is -0.180. The van der Waals surface area contributed by atoms with Gasteiger partial charge in [0.05, 0.1) is 25.4 Å². The Hall–Kier alpha value is -1.07. The minimum Gasteiger partial charge on any atom is -0.394 e. The highest BCUT2D eigenvalue weighted by atomic mass is 16.7. The third-order valence-corrected chi connectivity index (χ3v) is 9.11. The number of carbonyl (C=O) groups excluding carboxylic acids is 1. The predicted molar refractivity (Wildman–Crippen MR) is 184 cm³/mol. The van der Waals surface area contributed by atoms with Crippen LogP contribution in [0.5, 0.6) is 0 Å². The van der Waals surface area contributed by atoms with Gasteiger partial charge in [-0.25, -0.2) is 0 Å². The Morgan fingerprint density at radius 3 is 1.70 bits per heavy atom. The fourth-order valence-electron chi connectivity index (χ4n) is 5.98. The van der Waals surface area contributed by atoms with Crippen LogP contribution in [-0.4, -0.2) is 87.5 Å². The molecule has 0 saturated carbocycles. The molecular formula is C37H71NO8. The van der Waals surface area contributed by atoms with E-state index in [1.165, 1.54) is 103 Å². The first-order chi connectivity index (χ1) is 22.3. The smallest absolute Gasteiger partial charge is 0.220 e. The van der Waals surface area contributed by atoms with E-state index in [2.05, 4.69) is 19.2 Å². The summed E-state index contributed by atoms with van der Waals surface area (Å²) in [7, 11) is 0. The van der Waals surface area contributed by atoms with Crippen molar-refractivity contribution in [3.63, 3.8) is 0 Å². The highest BCUT2D eigenvalue weighted by Gasteiger charge is 2.44. The van der Waals surface area contributed by atoms with Crippen LogP contribution in [0.3, 0.4) is 0 Å². The maximum Gasteiger partial charge on any atom is 0.220 e. The van der Waals surface area contributed by atoms with E-state index in [9.17, 15) is 30.3 Å². The van der Waals surface area contributed by atoms with E-state index in [1.54, 1.807) is 6.08 Å². The summed E-state index contributed by atoms with van der Waals surface area (Å²) in [6.07, 6.45) is 22.5. The van der Waals surface area contributed by atoms with E-state index in [4.69, 9.17) is 9.47 Å². The molecule has 1 heterocycles. The molecule has 1 fully saturated rings. The Kier molecular flexibility index (Phi) is 27.0. The molecule has 0 aliphatic carbocycles. The highest BCUT2D eigenvalue weighted by molar-refractivity contribution is 5.76. The molecule has 272 valence electrons. The van der Waals surface area contributed by atoms with E-state index in [1.807, 2.05) is 6.08 Å². The lowest BCUT2D eigenvalue weighted by molar-refractivity contribution is -0.302. The average molecular weight is 658 g/mol. The van der Waals surface area contributed by atoms with Crippen LogP contribution >= 0.6 is 0 Å². The number of hydrogen-bond donors (Lipinski definition) is 6. The molecule has 1 amide bonds. The van der Waals surface area contributed by atoms with Gasteiger partial charge in [0, 0.05) is 6.42 Å². The molecule has 0 aromatic carbocycles. The van der Waals surface area contributed by atoms with Crippen molar-refractivity contribution in [2.75, 3.05) is 13.2 Å². The normalized spacial score (nSPS) is 23.2. The maximum atomic E-state index is 12.8. The van der Waals surface area contributed by atoms with Gasteiger partial charge in [-0.15, -0.1) is 0 Å². The quantitative estimate of drug-likeness (QED) is 0.0394. The monoisotopic (exact) mass is 658 g/mol. The highest BCUT2D eigenvalue weighted by Crippen LogP contribution is 2.22. The van der Waals surface area contributed by atoms with Gasteiger partial charge < -0.3 is 40.3 Å². The molecule has 0 aromatic rings. The Bertz CT molecular complexity index is 736. The number of amides is 1. The Labute approximate surface area is 280 Å². The average Bonchev–Trinajstić information content (AvgIpc) is 3.05. The van der Waals surface area contributed by atoms with Gasteiger partial charge in [-0.2, -0.15) is 0 Å². The maximum absolute atomic E-state index is 12.8. The van der Waals surface area contributed by atoms with Gasteiger partial charge in [-0.1, -0.05) is 148 Å². The SMILES string of the molecule is CCCCCCCCCC/C=C/[C@@H](O)[C@H](CO[C@@H]1O[C@H](CO)[C@H](O)C(O)C1O)NC(=O)CCCCCCCCCCCCCCC. The van der Waals surface area contributed by atoms with Crippen molar-refractivity contribution in [1.82, 2.24) is 5.32 Å². The molecule has 9 heteroatoms. The zero-order valence-electron chi connectivity index (χ0n) is 29.3. The lowest BCUT2D eigenvalue weighted by Gasteiger charge is -2.40. The summed E-state index contributed by atoms with van der Waals surface area (Å²) in [5, 5.41) is 53.8. The van der Waals surface area contributed by atoms with E-state index < -0.39 is 49.5 Å². The number of unbranched alkanes of at least 4 members (excludes halogenated alkanes) is 20. The van der Waals surface area contributed by atoms with E-state index in [0.717, 1.165) is 38.5 Å². The van der Waals surface area contributed by atoms with Crippen LogP contribution in [0.4, 0.5) is 0 Å². The van der Waals surface area contributed by atoms with Gasteiger partial charge in [0.2, 0.25) is 5.91 Å². The molecule has 9 nitrogen and oxygen atoms in total. The molecular weight excluding hydrogens is 586 g/mol.